The number of benzene rings is 1. The highest BCUT2D eigenvalue weighted by Gasteiger charge is 2.40. The van der Waals surface area contributed by atoms with Crippen LogP contribution in [0.25, 0.3) is 6.08 Å². The van der Waals surface area contributed by atoms with E-state index in [2.05, 4.69) is 5.32 Å². The van der Waals surface area contributed by atoms with E-state index in [1.165, 1.54) is 0 Å². The van der Waals surface area contributed by atoms with E-state index in [0.29, 0.717) is 25.4 Å². The lowest BCUT2D eigenvalue weighted by molar-refractivity contribution is -0.126. The van der Waals surface area contributed by atoms with Crippen molar-refractivity contribution in [2.24, 2.45) is 5.92 Å². The van der Waals surface area contributed by atoms with E-state index < -0.39 is 0 Å². The lowest BCUT2D eigenvalue weighted by atomic mass is 10.1. The number of carbonyl (C=O) groups is 2. The highest BCUT2D eigenvalue weighted by atomic mass is 16.2. The molecule has 2 aliphatic heterocycles. The van der Waals surface area contributed by atoms with Crippen LogP contribution in [0, 0.1) is 5.92 Å². The van der Waals surface area contributed by atoms with Gasteiger partial charge in [-0.1, -0.05) is 30.3 Å². The molecule has 0 radical (unpaired) electrons. The highest BCUT2D eigenvalue weighted by Crippen LogP contribution is 2.25. The molecule has 0 spiro atoms. The SMILES string of the molecule is O=C1C[C@H]2CN(C(=O)C=Cc3ccccc3)C[C@H]2N1. The molecule has 2 heterocycles. The van der Waals surface area contributed by atoms with Gasteiger partial charge in [-0.05, 0) is 11.6 Å². The summed E-state index contributed by atoms with van der Waals surface area (Å²) in [7, 11) is 0. The Bertz CT molecular complexity index is 508. The second-order valence-corrected chi connectivity index (χ2v) is 5.13. The third-order valence-corrected chi connectivity index (χ3v) is 3.76. The van der Waals surface area contributed by atoms with Crippen LogP contribution in [0.2, 0.25) is 0 Å². The standard InChI is InChI=1S/C15H16N2O2/c18-14-8-12-9-17(10-13(12)16-14)15(19)7-6-11-4-2-1-3-5-11/h1-7,12-13H,8-10H2,(H,16,18)/t12-,13+/m0/s1. The summed E-state index contributed by atoms with van der Waals surface area (Å²) in [6, 6.07) is 9.91. The summed E-state index contributed by atoms with van der Waals surface area (Å²) in [5.41, 5.74) is 1.02. The topological polar surface area (TPSA) is 49.4 Å². The lowest BCUT2D eigenvalue weighted by Crippen LogP contribution is -2.34. The Morgan fingerprint density at radius 2 is 2.05 bits per heavy atom. The molecule has 2 fully saturated rings. The largest absolute Gasteiger partial charge is 0.351 e. The van der Waals surface area contributed by atoms with E-state index in [1.807, 2.05) is 41.3 Å². The molecule has 0 unspecified atom stereocenters. The number of fused-ring (bicyclic) bond motifs is 1. The maximum atomic E-state index is 12.1. The average molecular weight is 256 g/mol. The zero-order valence-corrected chi connectivity index (χ0v) is 10.6. The summed E-state index contributed by atoms with van der Waals surface area (Å²) in [4.78, 5) is 25.1. The van der Waals surface area contributed by atoms with Gasteiger partial charge in [-0.2, -0.15) is 0 Å². The molecule has 98 valence electrons. The summed E-state index contributed by atoms with van der Waals surface area (Å²) >= 11 is 0. The van der Waals surface area contributed by atoms with Crippen molar-refractivity contribution in [1.29, 1.82) is 0 Å². The fourth-order valence-electron chi connectivity index (χ4n) is 2.76. The zero-order chi connectivity index (χ0) is 13.2. The molecule has 1 aromatic carbocycles. The van der Waals surface area contributed by atoms with Crippen molar-refractivity contribution in [2.45, 2.75) is 12.5 Å². The van der Waals surface area contributed by atoms with Gasteiger partial charge in [-0.15, -0.1) is 0 Å². The second kappa shape index (κ2) is 4.88. The van der Waals surface area contributed by atoms with Crippen molar-refractivity contribution in [3.8, 4) is 0 Å². The van der Waals surface area contributed by atoms with Gasteiger partial charge in [0.05, 0.1) is 6.04 Å². The van der Waals surface area contributed by atoms with Crippen LogP contribution in [0.15, 0.2) is 36.4 Å². The van der Waals surface area contributed by atoms with Crippen LogP contribution in [0.4, 0.5) is 0 Å². The Balaban J connectivity index is 1.61. The van der Waals surface area contributed by atoms with Crippen molar-refractivity contribution in [3.63, 3.8) is 0 Å². The minimum Gasteiger partial charge on any atom is -0.351 e. The normalized spacial score (nSPS) is 25.7. The minimum atomic E-state index is 0.0208. The monoisotopic (exact) mass is 256 g/mol. The van der Waals surface area contributed by atoms with Crippen molar-refractivity contribution in [2.75, 3.05) is 13.1 Å². The smallest absolute Gasteiger partial charge is 0.246 e. The predicted octanol–water partition coefficient (Wildman–Crippen LogP) is 1.05. The lowest BCUT2D eigenvalue weighted by Gasteiger charge is -2.14. The number of carbonyl (C=O) groups excluding carboxylic acids is 2. The number of amides is 2. The van der Waals surface area contributed by atoms with Gasteiger partial charge in [0.25, 0.3) is 0 Å². The van der Waals surface area contributed by atoms with E-state index in [1.54, 1.807) is 6.08 Å². The van der Waals surface area contributed by atoms with Gasteiger partial charge in [0.1, 0.15) is 0 Å². The van der Waals surface area contributed by atoms with Gasteiger partial charge in [0.2, 0.25) is 11.8 Å². The van der Waals surface area contributed by atoms with Gasteiger partial charge < -0.3 is 10.2 Å². The molecule has 2 saturated heterocycles. The molecule has 4 heteroatoms. The average Bonchev–Trinajstić information content (AvgIpc) is 2.94. The Labute approximate surface area is 112 Å². The van der Waals surface area contributed by atoms with Crippen LogP contribution in [0.1, 0.15) is 12.0 Å². The first-order valence-corrected chi connectivity index (χ1v) is 6.54. The van der Waals surface area contributed by atoms with Crippen LogP contribution in [0.5, 0.6) is 0 Å². The second-order valence-electron chi connectivity index (χ2n) is 5.13. The van der Waals surface area contributed by atoms with E-state index in [0.717, 1.165) is 5.56 Å². The Kier molecular flexibility index (Phi) is 3.07. The van der Waals surface area contributed by atoms with E-state index in [-0.39, 0.29) is 17.9 Å². The van der Waals surface area contributed by atoms with Crippen LogP contribution >= 0.6 is 0 Å². The molecular formula is C15H16N2O2. The molecule has 19 heavy (non-hydrogen) atoms. The predicted molar refractivity (Wildman–Crippen MR) is 72.1 cm³/mol. The summed E-state index contributed by atoms with van der Waals surface area (Å²) in [5, 5.41) is 2.92. The molecule has 1 N–H and O–H groups in total. The number of hydrogen-bond acceptors (Lipinski definition) is 2. The van der Waals surface area contributed by atoms with Crippen LogP contribution in [-0.4, -0.2) is 35.8 Å². The summed E-state index contributed by atoms with van der Waals surface area (Å²) in [5.74, 6) is 0.427. The van der Waals surface area contributed by atoms with Crippen molar-refractivity contribution >= 4 is 17.9 Å². The summed E-state index contributed by atoms with van der Waals surface area (Å²) < 4.78 is 0. The van der Waals surface area contributed by atoms with Crippen molar-refractivity contribution in [3.05, 3.63) is 42.0 Å². The Hall–Kier alpha value is -2.10. The summed E-state index contributed by atoms with van der Waals surface area (Å²) in [6.45, 7) is 1.32. The fourth-order valence-corrected chi connectivity index (χ4v) is 2.76. The molecule has 2 atom stereocenters. The third-order valence-electron chi connectivity index (χ3n) is 3.76. The zero-order valence-electron chi connectivity index (χ0n) is 10.6. The van der Waals surface area contributed by atoms with Crippen LogP contribution in [0.3, 0.4) is 0 Å². The number of nitrogens with zero attached hydrogens (tertiary/aromatic N) is 1. The van der Waals surface area contributed by atoms with Gasteiger partial charge in [0.15, 0.2) is 0 Å². The van der Waals surface area contributed by atoms with E-state index in [4.69, 9.17) is 0 Å². The van der Waals surface area contributed by atoms with Crippen molar-refractivity contribution in [1.82, 2.24) is 10.2 Å². The maximum Gasteiger partial charge on any atom is 0.246 e. The van der Waals surface area contributed by atoms with E-state index >= 15 is 0 Å². The molecule has 0 aromatic heterocycles. The van der Waals surface area contributed by atoms with Gasteiger partial charge >= 0.3 is 0 Å². The number of hydrogen-bond donors (Lipinski definition) is 1. The van der Waals surface area contributed by atoms with Crippen LogP contribution in [-0.2, 0) is 9.59 Å². The molecule has 2 aliphatic rings. The molecule has 0 aliphatic carbocycles. The molecule has 2 amide bonds. The molecule has 3 rings (SSSR count). The van der Waals surface area contributed by atoms with Crippen molar-refractivity contribution < 1.29 is 9.59 Å². The summed E-state index contributed by atoms with van der Waals surface area (Å²) in [6.07, 6.45) is 3.99. The molecule has 1 aromatic rings. The third kappa shape index (κ3) is 2.52. The number of likely N-dealkylation sites (tertiary alicyclic amines) is 1. The molecule has 4 nitrogen and oxygen atoms in total. The molecule has 0 saturated carbocycles. The first-order valence-electron chi connectivity index (χ1n) is 6.54. The quantitative estimate of drug-likeness (QED) is 0.804. The molecule has 0 bridgehead atoms. The minimum absolute atomic E-state index is 0.0208. The van der Waals surface area contributed by atoms with Gasteiger partial charge in [-0.25, -0.2) is 0 Å². The first-order chi connectivity index (χ1) is 9.22. The fraction of sp³-hybridized carbons (Fsp3) is 0.333. The maximum absolute atomic E-state index is 12.1. The van der Waals surface area contributed by atoms with Gasteiger partial charge in [-0.3, -0.25) is 9.59 Å². The van der Waals surface area contributed by atoms with Gasteiger partial charge in [0, 0.05) is 31.5 Å². The van der Waals surface area contributed by atoms with Crippen LogP contribution < -0.4 is 5.32 Å². The first kappa shape index (κ1) is 12.0. The number of nitrogens with one attached hydrogen (secondary N) is 1. The van der Waals surface area contributed by atoms with E-state index in [9.17, 15) is 9.59 Å². The molecular weight excluding hydrogens is 240 g/mol. The number of rotatable bonds is 2. The Morgan fingerprint density at radius 3 is 2.79 bits per heavy atom. The Morgan fingerprint density at radius 1 is 1.26 bits per heavy atom. The highest BCUT2D eigenvalue weighted by molar-refractivity contribution is 5.92.